The summed E-state index contributed by atoms with van der Waals surface area (Å²) < 4.78 is 5.03. The predicted octanol–water partition coefficient (Wildman–Crippen LogP) is 12.9. The van der Waals surface area contributed by atoms with Crippen LogP contribution in [-0.2, 0) is 0 Å². The van der Waals surface area contributed by atoms with Gasteiger partial charge in [0.05, 0.1) is 15.9 Å². The Balaban J connectivity index is 0.000000203. The van der Waals surface area contributed by atoms with Crippen molar-refractivity contribution in [2.24, 2.45) is 10.7 Å². The van der Waals surface area contributed by atoms with Crippen LogP contribution in [0.1, 0.15) is 16.7 Å². The van der Waals surface area contributed by atoms with E-state index in [1.807, 2.05) is 78.1 Å². The van der Waals surface area contributed by atoms with Crippen LogP contribution in [0.5, 0.6) is 0 Å². The Kier molecular flexibility index (Phi) is 9.45. The summed E-state index contributed by atoms with van der Waals surface area (Å²) >= 11 is 3.63. The zero-order valence-electron chi connectivity index (χ0n) is 30.5. The van der Waals surface area contributed by atoms with Crippen molar-refractivity contribution in [2.75, 3.05) is 0 Å². The van der Waals surface area contributed by atoms with Gasteiger partial charge in [-0.2, -0.15) is 0 Å². The lowest BCUT2D eigenvalue weighted by molar-refractivity contribution is 1.24. The molecule has 10 aromatic rings. The summed E-state index contributed by atoms with van der Waals surface area (Å²) in [5.74, 6) is 1.29. The first-order chi connectivity index (χ1) is 27.5. The highest BCUT2D eigenvalue weighted by atomic mass is 32.1. The predicted molar refractivity (Wildman–Crippen MR) is 239 cm³/mol. The molecule has 0 aliphatic carbocycles. The van der Waals surface area contributed by atoms with Gasteiger partial charge in [0, 0.05) is 52.5 Å². The van der Waals surface area contributed by atoms with E-state index in [1.165, 1.54) is 46.9 Å². The number of nitrogens with two attached hydrogens (primary N) is 1. The van der Waals surface area contributed by atoms with E-state index in [0.29, 0.717) is 5.84 Å². The number of benzene rings is 7. The number of thiophene rings is 2. The van der Waals surface area contributed by atoms with E-state index in [-0.39, 0.29) is 5.84 Å². The average molecular weight is 758 g/mol. The van der Waals surface area contributed by atoms with Gasteiger partial charge in [-0.1, -0.05) is 158 Å². The SMILES string of the molecule is Cc1cccc2sc3cccc(-c4ccc(-c5nc(-c6ccccc6)c6sc7ccccc7c6n5)cc4)c3c12.N=C(N=C(N)c1ccccc1)c1ccccc1. The van der Waals surface area contributed by atoms with Gasteiger partial charge in [-0.05, 0) is 41.8 Å². The lowest BCUT2D eigenvalue weighted by atomic mass is 9.97. The molecule has 268 valence electrons. The molecule has 56 heavy (non-hydrogen) atoms. The Morgan fingerprint density at radius 2 is 1.12 bits per heavy atom. The standard InChI is InChI=1S/C35H22N2S2.C14H13N3/c1-21-9-7-15-28-30(21)31-25(13-8-16-29(31)38-28)22-17-19-24(20-18-22)35-36-32(23-10-3-2-4-11-23)34-33(37-35)26-12-5-6-14-27(26)39-34;15-13(11-7-3-1-4-8-11)17-14(16)12-9-5-2-6-10-12/h2-20H,1H3;1-10H,(H3,15,16,17). The minimum absolute atomic E-state index is 0.173. The number of aromatic nitrogens is 2. The molecule has 7 aromatic carbocycles. The van der Waals surface area contributed by atoms with Crippen molar-refractivity contribution in [3.63, 3.8) is 0 Å². The number of hydrogen-bond acceptors (Lipinski definition) is 5. The highest BCUT2D eigenvalue weighted by molar-refractivity contribution is 7.26. The summed E-state index contributed by atoms with van der Waals surface area (Å²) in [5.41, 5.74) is 15.4. The highest BCUT2D eigenvalue weighted by Crippen LogP contribution is 2.42. The van der Waals surface area contributed by atoms with E-state index < -0.39 is 0 Å². The molecule has 0 radical (unpaired) electrons. The third-order valence-electron chi connectivity index (χ3n) is 9.80. The summed E-state index contributed by atoms with van der Waals surface area (Å²) in [6.07, 6.45) is 0. The molecule has 0 aliphatic rings. The zero-order chi connectivity index (χ0) is 38.0. The monoisotopic (exact) mass is 757 g/mol. The molecule has 0 aliphatic heterocycles. The quantitative estimate of drug-likeness (QED) is 0.135. The van der Waals surface area contributed by atoms with Gasteiger partial charge in [0.15, 0.2) is 11.7 Å². The first kappa shape index (κ1) is 34.9. The van der Waals surface area contributed by atoms with Crippen LogP contribution in [0.3, 0.4) is 0 Å². The van der Waals surface area contributed by atoms with Crippen molar-refractivity contribution in [1.29, 1.82) is 5.41 Å². The van der Waals surface area contributed by atoms with Gasteiger partial charge in [0.2, 0.25) is 0 Å². The van der Waals surface area contributed by atoms with Gasteiger partial charge >= 0.3 is 0 Å². The highest BCUT2D eigenvalue weighted by Gasteiger charge is 2.17. The van der Waals surface area contributed by atoms with Crippen LogP contribution in [-0.4, -0.2) is 21.6 Å². The molecule has 0 unspecified atom stereocenters. The van der Waals surface area contributed by atoms with E-state index in [1.54, 1.807) is 11.3 Å². The fraction of sp³-hybridized carbons (Fsp3) is 0.0204. The van der Waals surface area contributed by atoms with E-state index in [0.717, 1.165) is 44.0 Å². The van der Waals surface area contributed by atoms with Gasteiger partial charge in [-0.3, -0.25) is 5.41 Å². The van der Waals surface area contributed by atoms with E-state index >= 15 is 0 Å². The summed E-state index contributed by atoms with van der Waals surface area (Å²) in [5, 5.41) is 11.7. The number of aliphatic imine (C=N–C) groups is 1. The lowest BCUT2D eigenvalue weighted by Gasteiger charge is -2.09. The Morgan fingerprint density at radius 1 is 0.536 bits per heavy atom. The van der Waals surface area contributed by atoms with Crippen molar-refractivity contribution in [3.05, 3.63) is 193 Å². The third-order valence-corrected chi connectivity index (χ3v) is 12.1. The van der Waals surface area contributed by atoms with Gasteiger partial charge in [0.1, 0.15) is 5.84 Å². The van der Waals surface area contributed by atoms with Crippen molar-refractivity contribution >= 4 is 74.8 Å². The molecule has 3 N–H and O–H groups in total. The molecule has 0 saturated carbocycles. The molecule has 3 heterocycles. The Bertz CT molecular complexity index is 3040. The minimum atomic E-state index is 0.173. The molecule has 7 heteroatoms. The number of nitrogens with zero attached hydrogens (tertiary/aromatic N) is 3. The topological polar surface area (TPSA) is 88.0 Å². The van der Waals surface area contributed by atoms with Crippen LogP contribution < -0.4 is 5.73 Å². The summed E-state index contributed by atoms with van der Waals surface area (Å²) in [7, 11) is 0. The van der Waals surface area contributed by atoms with Crippen LogP contribution in [0.25, 0.3) is 74.2 Å². The number of amidine groups is 2. The second-order valence-electron chi connectivity index (χ2n) is 13.4. The molecule has 5 nitrogen and oxygen atoms in total. The Hall–Kier alpha value is -6.80. The van der Waals surface area contributed by atoms with E-state index in [9.17, 15) is 0 Å². The largest absolute Gasteiger partial charge is 0.383 e. The third kappa shape index (κ3) is 6.75. The van der Waals surface area contributed by atoms with Crippen molar-refractivity contribution in [3.8, 4) is 33.8 Å². The van der Waals surface area contributed by atoms with E-state index in [2.05, 4.69) is 121 Å². The molecular weight excluding hydrogens is 723 g/mol. The van der Waals surface area contributed by atoms with Gasteiger partial charge in [0.25, 0.3) is 0 Å². The molecule has 3 aromatic heterocycles. The molecule has 10 rings (SSSR count). The van der Waals surface area contributed by atoms with Crippen molar-refractivity contribution in [1.82, 2.24) is 9.97 Å². The van der Waals surface area contributed by atoms with Gasteiger partial charge in [-0.25, -0.2) is 15.0 Å². The molecule has 0 amide bonds. The second-order valence-corrected chi connectivity index (χ2v) is 15.6. The van der Waals surface area contributed by atoms with Crippen LogP contribution >= 0.6 is 22.7 Å². The number of nitrogens with one attached hydrogen (secondary N) is 1. The van der Waals surface area contributed by atoms with Crippen molar-refractivity contribution < 1.29 is 0 Å². The maximum Gasteiger partial charge on any atom is 0.160 e. The van der Waals surface area contributed by atoms with Crippen LogP contribution in [0.4, 0.5) is 0 Å². The number of hydrogen-bond donors (Lipinski definition) is 2. The fourth-order valence-corrected chi connectivity index (χ4v) is 9.41. The Labute approximate surface area is 332 Å². The number of aryl methyl sites for hydroxylation is 1. The maximum absolute atomic E-state index is 7.84. The first-order valence-corrected chi connectivity index (χ1v) is 19.9. The lowest BCUT2D eigenvalue weighted by Crippen LogP contribution is -2.15. The molecule has 0 saturated heterocycles. The second kappa shape index (κ2) is 15.1. The number of rotatable bonds is 5. The maximum atomic E-state index is 7.84. The molecule has 0 spiro atoms. The molecular formula is C49H35N5S2. The minimum Gasteiger partial charge on any atom is -0.383 e. The van der Waals surface area contributed by atoms with E-state index in [4.69, 9.17) is 21.1 Å². The fourth-order valence-electron chi connectivity index (χ4n) is 7.04. The van der Waals surface area contributed by atoms with Crippen LogP contribution in [0.15, 0.2) is 181 Å². The van der Waals surface area contributed by atoms with Gasteiger partial charge < -0.3 is 5.73 Å². The summed E-state index contributed by atoms with van der Waals surface area (Å²) in [6, 6.07) is 59.7. The first-order valence-electron chi connectivity index (χ1n) is 18.3. The summed E-state index contributed by atoms with van der Waals surface area (Å²) in [6.45, 7) is 2.21. The normalized spacial score (nSPS) is 11.6. The molecule has 0 bridgehead atoms. The van der Waals surface area contributed by atoms with Crippen molar-refractivity contribution in [2.45, 2.75) is 6.92 Å². The molecule has 0 atom stereocenters. The Morgan fingerprint density at radius 3 is 1.86 bits per heavy atom. The zero-order valence-corrected chi connectivity index (χ0v) is 32.1. The molecule has 0 fully saturated rings. The average Bonchev–Trinajstić information content (AvgIpc) is 3.84. The van der Waals surface area contributed by atoms with Gasteiger partial charge in [-0.15, -0.1) is 22.7 Å². The smallest absolute Gasteiger partial charge is 0.160 e. The van der Waals surface area contributed by atoms with Crippen LogP contribution in [0, 0.1) is 12.3 Å². The number of fused-ring (bicyclic) bond motifs is 6. The van der Waals surface area contributed by atoms with Crippen LogP contribution in [0.2, 0.25) is 0 Å². The summed E-state index contributed by atoms with van der Waals surface area (Å²) in [4.78, 5) is 14.3.